The van der Waals surface area contributed by atoms with Crippen LogP contribution in [0.4, 0.5) is 0 Å². The quantitative estimate of drug-likeness (QED) is 0.0398. The zero-order valence-electron chi connectivity index (χ0n) is 56.8. The van der Waals surface area contributed by atoms with Gasteiger partial charge in [-0.25, -0.2) is 0 Å². The second-order valence-corrected chi connectivity index (χ2v) is 31.2. The molecule has 4 saturated carbocycles. The average Bonchev–Trinajstić information content (AvgIpc) is 1.21. The molecule has 6 saturated heterocycles. The maximum absolute atomic E-state index is 14.2. The molecule has 33 heteroatoms. The fourth-order valence-electron chi connectivity index (χ4n) is 18.9. The summed E-state index contributed by atoms with van der Waals surface area (Å²) < 4.78 is 74.2. The first kappa shape index (κ1) is 79.0. The number of aliphatic hydroxyl groups is 21. The van der Waals surface area contributed by atoms with Crippen molar-refractivity contribution in [1.82, 2.24) is 0 Å². The molecule has 6 heterocycles. The van der Waals surface area contributed by atoms with Crippen molar-refractivity contribution in [3.05, 3.63) is 11.6 Å². The van der Waals surface area contributed by atoms with E-state index in [2.05, 4.69) is 13.8 Å². The number of hydrogen-bond donors (Lipinski definition) is 21. The van der Waals surface area contributed by atoms with Gasteiger partial charge in [-0.1, -0.05) is 46.3 Å². The van der Waals surface area contributed by atoms with Crippen LogP contribution in [0.2, 0.25) is 0 Å². The SMILES string of the molecule is CC(C)=CCCC(C)(OC1OC(COC2OC(C)C(O)C(O)C2O)C(O)C(O)C1OC1OC(CO)C(O)C(O)C1O)C1(O)CCC2(C)C1C(O)CC1C3(C)CCC(OC4OC(COC5OC(CO)C(O)C(O)C5O)C(O)C(O)C4O)C(C)(C)C3C(OC3OCC(O)C(O)C3O)CC12C. The Labute approximate surface area is 567 Å². The Morgan fingerprint density at radius 2 is 0.990 bits per heavy atom. The molecule has 98 heavy (non-hydrogen) atoms. The summed E-state index contributed by atoms with van der Waals surface area (Å²) in [6.07, 6.45) is -50.0. The Bertz CT molecular complexity index is 2660. The van der Waals surface area contributed by atoms with Crippen LogP contribution in [0.25, 0.3) is 0 Å². The van der Waals surface area contributed by atoms with Crippen molar-refractivity contribution in [3.63, 3.8) is 0 Å². The summed E-state index contributed by atoms with van der Waals surface area (Å²) >= 11 is 0. The number of rotatable bonds is 20. The van der Waals surface area contributed by atoms with Crippen molar-refractivity contribution in [2.75, 3.05) is 33.0 Å². The Hall–Kier alpha value is -1.58. The van der Waals surface area contributed by atoms with Crippen molar-refractivity contribution in [2.45, 2.75) is 321 Å². The van der Waals surface area contributed by atoms with Gasteiger partial charge >= 0.3 is 0 Å². The summed E-state index contributed by atoms with van der Waals surface area (Å²) in [4.78, 5) is 0. The van der Waals surface area contributed by atoms with Gasteiger partial charge in [0.2, 0.25) is 0 Å². The van der Waals surface area contributed by atoms with Crippen molar-refractivity contribution in [3.8, 4) is 0 Å². The van der Waals surface area contributed by atoms with Gasteiger partial charge in [-0.15, -0.1) is 0 Å². The summed E-state index contributed by atoms with van der Waals surface area (Å²) in [5.41, 5.74) is -7.11. The summed E-state index contributed by atoms with van der Waals surface area (Å²) in [7, 11) is 0. The van der Waals surface area contributed by atoms with Crippen LogP contribution in [0, 0.1) is 39.4 Å². The van der Waals surface area contributed by atoms with Crippen LogP contribution in [0.5, 0.6) is 0 Å². The second-order valence-electron chi connectivity index (χ2n) is 31.2. The van der Waals surface area contributed by atoms with Crippen molar-refractivity contribution < 1.29 is 164 Å². The van der Waals surface area contributed by atoms with E-state index in [-0.39, 0.29) is 44.9 Å². The first-order valence-corrected chi connectivity index (χ1v) is 34.4. The molecule has 4 aliphatic carbocycles. The summed E-state index contributed by atoms with van der Waals surface area (Å²) in [6.45, 7) is 13.3. The predicted octanol–water partition coefficient (Wildman–Crippen LogP) is -6.80. The zero-order chi connectivity index (χ0) is 72.2. The van der Waals surface area contributed by atoms with Gasteiger partial charge in [0, 0.05) is 5.92 Å². The fraction of sp³-hybridized carbons (Fsp3) is 0.969. The lowest BCUT2D eigenvalue weighted by atomic mass is 9.34. The highest BCUT2D eigenvalue weighted by Gasteiger charge is 2.77. The Kier molecular flexibility index (Phi) is 24.2. The maximum Gasteiger partial charge on any atom is 0.187 e. The smallest absolute Gasteiger partial charge is 0.187 e. The molecule has 10 fully saturated rings. The number of fused-ring (bicyclic) bond motifs is 5. The minimum Gasteiger partial charge on any atom is -0.394 e. The van der Waals surface area contributed by atoms with E-state index in [1.807, 2.05) is 40.7 Å². The predicted molar refractivity (Wildman–Crippen MR) is 327 cm³/mol. The van der Waals surface area contributed by atoms with Gasteiger partial charge in [0.15, 0.2) is 37.7 Å². The summed E-state index contributed by atoms with van der Waals surface area (Å²) in [5.74, 6) is -2.18. The van der Waals surface area contributed by atoms with Gasteiger partial charge in [-0.05, 0) is 113 Å². The number of hydrogen-bond acceptors (Lipinski definition) is 33. The van der Waals surface area contributed by atoms with Crippen molar-refractivity contribution >= 4 is 0 Å². The van der Waals surface area contributed by atoms with Crippen LogP contribution in [0.15, 0.2) is 11.6 Å². The van der Waals surface area contributed by atoms with E-state index < -0.39 is 280 Å². The molecule has 0 radical (unpaired) electrons. The Morgan fingerprint density at radius 3 is 1.56 bits per heavy atom. The molecular weight excluding hydrogens is 1310 g/mol. The van der Waals surface area contributed by atoms with Gasteiger partial charge in [-0.2, -0.15) is 0 Å². The standard InChI is InChI=1S/C65H110O33/c1-24(2)11-10-13-64(9,98-59-51(97-58-50(85)43(78)38(73)30(20-67)93-58)45(80)40(75)32(95-59)23-88-54-47(82)41(76)35(70)25(3)90-54)65(86)16-15-62(7)52(65)26(68)17-33-61(6)14-12-34(60(4,5)53(61)28(18-63(33,62)8)91-55-46(81)36(71)27(69)21-87-55)96-57-49(84)44(79)39(74)31(94-57)22-89-56-48(83)42(77)37(72)29(19-66)92-56/h11,25-59,66-86H,10,12-23H2,1-9H3. The summed E-state index contributed by atoms with van der Waals surface area (Å²) in [6, 6.07) is 0. The van der Waals surface area contributed by atoms with Crippen LogP contribution >= 0.6 is 0 Å². The van der Waals surface area contributed by atoms with E-state index in [0.717, 1.165) is 5.57 Å². The molecule has 568 valence electrons. The molecule has 0 bridgehead atoms. The normalized spacial score (nSPS) is 54.2. The third-order valence-electron chi connectivity index (χ3n) is 24.7. The molecule has 10 aliphatic rings. The monoisotopic (exact) mass is 1420 g/mol. The molecule has 40 atom stereocenters. The molecule has 0 amide bonds. The molecule has 6 aliphatic heterocycles. The maximum atomic E-state index is 14.2. The topological polar surface area (TPSA) is 536 Å². The first-order chi connectivity index (χ1) is 45.8. The van der Waals surface area contributed by atoms with Gasteiger partial charge in [0.1, 0.15) is 134 Å². The molecule has 0 spiro atoms. The average molecular weight is 1420 g/mol. The van der Waals surface area contributed by atoms with E-state index in [1.54, 1.807) is 6.92 Å². The molecular formula is C65H110O33. The van der Waals surface area contributed by atoms with Crippen molar-refractivity contribution in [1.29, 1.82) is 0 Å². The second kappa shape index (κ2) is 30.0. The molecule has 0 aromatic carbocycles. The minimum absolute atomic E-state index is 0.0334. The molecule has 33 nitrogen and oxygen atoms in total. The Morgan fingerprint density at radius 1 is 0.500 bits per heavy atom. The molecule has 21 N–H and O–H groups in total. The van der Waals surface area contributed by atoms with E-state index in [0.29, 0.717) is 6.42 Å². The highest BCUT2D eigenvalue weighted by molar-refractivity contribution is 5.26. The van der Waals surface area contributed by atoms with Crippen LogP contribution in [-0.2, 0) is 56.8 Å². The third-order valence-corrected chi connectivity index (χ3v) is 24.7. The largest absolute Gasteiger partial charge is 0.394 e. The van der Waals surface area contributed by atoms with Gasteiger partial charge in [-0.3, -0.25) is 0 Å². The summed E-state index contributed by atoms with van der Waals surface area (Å²) in [5, 5.41) is 235. The first-order valence-electron chi connectivity index (χ1n) is 34.4. The lowest BCUT2D eigenvalue weighted by molar-refractivity contribution is -0.394. The van der Waals surface area contributed by atoms with E-state index in [4.69, 9.17) is 56.8 Å². The van der Waals surface area contributed by atoms with Gasteiger partial charge in [0.05, 0.1) is 68.7 Å². The van der Waals surface area contributed by atoms with E-state index in [1.165, 1.54) is 6.92 Å². The van der Waals surface area contributed by atoms with Gasteiger partial charge in [0.25, 0.3) is 0 Å². The van der Waals surface area contributed by atoms with Crippen molar-refractivity contribution in [2.24, 2.45) is 39.4 Å². The molecule has 0 aromatic heterocycles. The minimum atomic E-state index is -2.08. The fourth-order valence-corrected chi connectivity index (χ4v) is 18.9. The van der Waals surface area contributed by atoms with Crippen LogP contribution in [-0.4, -0.2) is 348 Å². The highest BCUT2D eigenvalue weighted by atomic mass is 16.8. The number of allylic oxidation sites excluding steroid dienone is 2. The lowest BCUT2D eigenvalue weighted by Crippen LogP contribution is -2.73. The zero-order valence-corrected chi connectivity index (χ0v) is 56.8. The lowest BCUT2D eigenvalue weighted by Gasteiger charge is -2.72. The van der Waals surface area contributed by atoms with Crippen LogP contribution in [0.1, 0.15) is 114 Å². The number of aliphatic hydroxyl groups excluding tert-OH is 20. The van der Waals surface area contributed by atoms with E-state index in [9.17, 15) is 107 Å². The highest BCUT2D eigenvalue weighted by Crippen LogP contribution is 2.77. The molecule has 40 unspecified atom stereocenters. The molecule has 0 aromatic rings. The third kappa shape index (κ3) is 13.9. The molecule has 10 rings (SSSR count). The van der Waals surface area contributed by atoms with Gasteiger partial charge < -0.3 is 164 Å². The number of ether oxygens (including phenoxy) is 12. The van der Waals surface area contributed by atoms with Crippen LogP contribution < -0.4 is 0 Å². The Balaban J connectivity index is 0.977. The van der Waals surface area contributed by atoms with E-state index >= 15 is 0 Å². The van der Waals surface area contributed by atoms with Crippen LogP contribution in [0.3, 0.4) is 0 Å².